The summed E-state index contributed by atoms with van der Waals surface area (Å²) < 4.78 is 0. The Bertz CT molecular complexity index is 208. The van der Waals surface area contributed by atoms with Gasteiger partial charge in [-0.1, -0.05) is 30.3 Å². The molecule has 10 heavy (non-hydrogen) atoms. The maximum Gasteiger partial charge on any atom is 0.122 e. The van der Waals surface area contributed by atoms with Crippen molar-refractivity contribution in [1.29, 1.82) is 5.41 Å². The van der Waals surface area contributed by atoms with Crippen LogP contribution in [-0.2, 0) is 17.1 Å². The fraction of sp³-hybridized carbons (Fsp3) is 0. The number of benzene rings is 1. The molecule has 1 rings (SSSR count). The molecule has 2 nitrogen and oxygen atoms in total. The van der Waals surface area contributed by atoms with E-state index in [0.717, 1.165) is 5.56 Å². The van der Waals surface area contributed by atoms with Gasteiger partial charge in [0, 0.05) is 22.6 Å². The van der Waals surface area contributed by atoms with Crippen LogP contribution in [0, 0.1) is 5.41 Å². The number of hydrogen-bond donors (Lipinski definition) is 2. The second kappa shape index (κ2) is 4.09. The number of rotatable bonds is 1. The van der Waals surface area contributed by atoms with Crippen LogP contribution in [0.5, 0.6) is 0 Å². The smallest absolute Gasteiger partial charge is 0.122 e. The Balaban J connectivity index is 0.000000810. The maximum atomic E-state index is 7.01. The van der Waals surface area contributed by atoms with Crippen LogP contribution >= 0.6 is 0 Å². The molecule has 1 aromatic carbocycles. The number of nitrogens with two attached hydrogens (primary N) is 1. The number of amidine groups is 1. The summed E-state index contributed by atoms with van der Waals surface area (Å²) in [6.45, 7) is 0. The average Bonchev–Trinajstić information content (AvgIpc) is 1.90. The minimum atomic E-state index is 0. The molecule has 0 unspecified atom stereocenters. The van der Waals surface area contributed by atoms with Crippen LogP contribution in [0.15, 0.2) is 30.3 Å². The molecule has 0 saturated heterocycles. The zero-order chi connectivity index (χ0) is 6.69. The van der Waals surface area contributed by atoms with Crippen molar-refractivity contribution in [2.24, 2.45) is 5.73 Å². The van der Waals surface area contributed by atoms with Crippen molar-refractivity contribution >= 4 is 5.84 Å². The van der Waals surface area contributed by atoms with Crippen molar-refractivity contribution in [2.45, 2.75) is 0 Å². The molecule has 57 valence electrons. The second-order valence-electron chi connectivity index (χ2n) is 1.78. The fourth-order valence-electron chi connectivity index (χ4n) is 0.618. The van der Waals surface area contributed by atoms with E-state index in [2.05, 4.69) is 0 Å². The molecule has 1 aromatic rings. The number of hydrogen-bond acceptors (Lipinski definition) is 1. The van der Waals surface area contributed by atoms with Crippen LogP contribution < -0.4 is 5.73 Å². The van der Waals surface area contributed by atoms with Gasteiger partial charge in [0.25, 0.3) is 0 Å². The van der Waals surface area contributed by atoms with Crippen LogP contribution in [0.3, 0.4) is 0 Å². The first kappa shape index (κ1) is 9.21. The number of nitrogens with one attached hydrogen (secondary N) is 1. The molecule has 0 aromatic heterocycles. The second-order valence-corrected chi connectivity index (χ2v) is 1.78. The minimum Gasteiger partial charge on any atom is -0.384 e. The first-order valence-corrected chi connectivity index (χ1v) is 2.70. The Morgan fingerprint density at radius 1 is 1.20 bits per heavy atom. The third-order valence-corrected chi connectivity index (χ3v) is 1.08. The predicted molar refractivity (Wildman–Crippen MR) is 37.5 cm³/mol. The molecular weight excluding hydrogens is 176 g/mol. The molecular formula is C7H8CuN2. The maximum absolute atomic E-state index is 7.01. The van der Waals surface area contributed by atoms with Gasteiger partial charge in [-0.05, 0) is 0 Å². The van der Waals surface area contributed by atoms with E-state index in [1.807, 2.05) is 30.3 Å². The molecule has 0 spiro atoms. The van der Waals surface area contributed by atoms with Crippen molar-refractivity contribution in [1.82, 2.24) is 0 Å². The molecule has 1 radical (unpaired) electrons. The molecule has 0 bridgehead atoms. The van der Waals surface area contributed by atoms with Crippen molar-refractivity contribution < 1.29 is 17.1 Å². The Hall–Kier alpha value is -0.791. The van der Waals surface area contributed by atoms with Gasteiger partial charge in [0.1, 0.15) is 5.84 Å². The van der Waals surface area contributed by atoms with Gasteiger partial charge in [-0.15, -0.1) is 0 Å². The summed E-state index contributed by atoms with van der Waals surface area (Å²) >= 11 is 0. The normalized spacial score (nSPS) is 8.00. The van der Waals surface area contributed by atoms with E-state index in [1.54, 1.807) is 0 Å². The summed E-state index contributed by atoms with van der Waals surface area (Å²) in [4.78, 5) is 0. The van der Waals surface area contributed by atoms with Gasteiger partial charge < -0.3 is 5.73 Å². The molecule has 0 aliphatic rings. The molecule has 0 aliphatic heterocycles. The monoisotopic (exact) mass is 183 g/mol. The van der Waals surface area contributed by atoms with Crippen molar-refractivity contribution in [2.75, 3.05) is 0 Å². The summed E-state index contributed by atoms with van der Waals surface area (Å²) in [5, 5.41) is 7.01. The van der Waals surface area contributed by atoms with E-state index in [9.17, 15) is 0 Å². The van der Waals surface area contributed by atoms with Gasteiger partial charge >= 0.3 is 0 Å². The third-order valence-electron chi connectivity index (χ3n) is 1.08. The summed E-state index contributed by atoms with van der Waals surface area (Å²) in [6, 6.07) is 9.23. The number of nitrogen functional groups attached to an aromatic ring is 1. The van der Waals surface area contributed by atoms with E-state index < -0.39 is 0 Å². The molecule has 3 N–H and O–H groups in total. The molecule has 0 aliphatic carbocycles. The molecule has 0 amide bonds. The van der Waals surface area contributed by atoms with Crippen molar-refractivity contribution in [3.8, 4) is 0 Å². The zero-order valence-electron chi connectivity index (χ0n) is 5.27. The summed E-state index contributed by atoms with van der Waals surface area (Å²) in [6.07, 6.45) is 0. The van der Waals surface area contributed by atoms with Crippen LogP contribution in [0.4, 0.5) is 0 Å². The summed E-state index contributed by atoms with van der Waals surface area (Å²) in [5.41, 5.74) is 5.97. The first-order valence-electron chi connectivity index (χ1n) is 2.70. The van der Waals surface area contributed by atoms with Gasteiger partial charge in [-0.3, -0.25) is 5.41 Å². The Morgan fingerprint density at radius 3 is 2.00 bits per heavy atom. The summed E-state index contributed by atoms with van der Waals surface area (Å²) in [7, 11) is 0. The van der Waals surface area contributed by atoms with Gasteiger partial charge in [-0.2, -0.15) is 0 Å². The molecule has 0 heterocycles. The van der Waals surface area contributed by atoms with Crippen LogP contribution in [0.2, 0.25) is 0 Å². The van der Waals surface area contributed by atoms with Gasteiger partial charge in [0.05, 0.1) is 0 Å². The standard InChI is InChI=1S/C7H8N2.Cu/c8-7(9)6-4-2-1-3-5-6;/h1-5H,(H3,8,9);. The van der Waals surface area contributed by atoms with Gasteiger partial charge in [-0.25, -0.2) is 0 Å². The SMILES string of the molecule is N=C(N)c1ccccc1.[Cu]. The average molecular weight is 184 g/mol. The molecule has 0 atom stereocenters. The fourth-order valence-corrected chi connectivity index (χ4v) is 0.618. The summed E-state index contributed by atoms with van der Waals surface area (Å²) in [5.74, 6) is 0.121. The largest absolute Gasteiger partial charge is 0.384 e. The van der Waals surface area contributed by atoms with E-state index >= 15 is 0 Å². The Morgan fingerprint density at radius 2 is 1.70 bits per heavy atom. The van der Waals surface area contributed by atoms with E-state index in [0.29, 0.717) is 0 Å². The van der Waals surface area contributed by atoms with Crippen molar-refractivity contribution in [3.63, 3.8) is 0 Å². The van der Waals surface area contributed by atoms with Crippen LogP contribution in [-0.4, -0.2) is 5.84 Å². The van der Waals surface area contributed by atoms with E-state index in [1.165, 1.54) is 0 Å². The van der Waals surface area contributed by atoms with E-state index in [4.69, 9.17) is 11.1 Å². The van der Waals surface area contributed by atoms with Gasteiger partial charge in [0.15, 0.2) is 0 Å². The predicted octanol–water partition coefficient (Wildman–Crippen LogP) is 0.968. The van der Waals surface area contributed by atoms with Crippen LogP contribution in [0.1, 0.15) is 5.56 Å². The molecule has 3 heteroatoms. The van der Waals surface area contributed by atoms with Gasteiger partial charge in [0.2, 0.25) is 0 Å². The topological polar surface area (TPSA) is 49.9 Å². The van der Waals surface area contributed by atoms with E-state index in [-0.39, 0.29) is 22.9 Å². The Labute approximate surface area is 70.4 Å². The van der Waals surface area contributed by atoms with Crippen LogP contribution in [0.25, 0.3) is 0 Å². The first-order chi connectivity index (χ1) is 4.30. The quantitative estimate of drug-likeness (QED) is 0.381. The molecule has 0 fully saturated rings. The molecule has 0 saturated carbocycles. The Kier molecular flexibility index (Phi) is 3.77. The van der Waals surface area contributed by atoms with Crippen molar-refractivity contribution in [3.05, 3.63) is 35.9 Å². The minimum absolute atomic E-state index is 0. The zero-order valence-corrected chi connectivity index (χ0v) is 6.21. The third kappa shape index (κ3) is 2.21.